The van der Waals surface area contributed by atoms with E-state index in [0.717, 1.165) is 17.4 Å². The highest BCUT2D eigenvalue weighted by molar-refractivity contribution is 5.82. The van der Waals surface area contributed by atoms with Gasteiger partial charge in [0.05, 0.1) is 23.5 Å². The van der Waals surface area contributed by atoms with E-state index in [4.69, 9.17) is 0 Å². The average molecular weight is 282 g/mol. The second-order valence-corrected chi connectivity index (χ2v) is 5.47. The van der Waals surface area contributed by atoms with Gasteiger partial charge >= 0.3 is 0 Å². The van der Waals surface area contributed by atoms with Gasteiger partial charge in [0.1, 0.15) is 0 Å². The summed E-state index contributed by atoms with van der Waals surface area (Å²) in [6.07, 6.45) is 8.21. The summed E-state index contributed by atoms with van der Waals surface area (Å²) < 4.78 is 4.34. The third-order valence-electron chi connectivity index (χ3n) is 3.98. The van der Waals surface area contributed by atoms with Gasteiger partial charge in [0, 0.05) is 41.5 Å². The van der Waals surface area contributed by atoms with Gasteiger partial charge in [-0.3, -0.25) is 10.1 Å². The normalized spacial score (nSPS) is 14.7. The standard InChI is InChI=1S/C15H14N4O2/c20-19(21)13-3-4-15-11(7-13)5-6-17(15)9-14-8-16-10-18(14)12-1-2-12/h3-8,10,12H,1-2,9H2. The Kier molecular flexibility index (Phi) is 2.57. The number of hydrogen-bond acceptors (Lipinski definition) is 3. The number of hydrogen-bond donors (Lipinski definition) is 0. The SMILES string of the molecule is O=[N+]([O-])c1ccc2c(ccn2Cc2cncn2C2CC2)c1. The van der Waals surface area contributed by atoms with Gasteiger partial charge in [-0.2, -0.15) is 0 Å². The van der Waals surface area contributed by atoms with Gasteiger partial charge in [-0.1, -0.05) is 0 Å². The van der Waals surface area contributed by atoms with Crippen molar-refractivity contribution in [1.29, 1.82) is 0 Å². The van der Waals surface area contributed by atoms with Crippen molar-refractivity contribution in [3.63, 3.8) is 0 Å². The van der Waals surface area contributed by atoms with Gasteiger partial charge in [-0.25, -0.2) is 4.98 Å². The van der Waals surface area contributed by atoms with Gasteiger partial charge in [0.25, 0.3) is 5.69 Å². The molecule has 6 nitrogen and oxygen atoms in total. The Morgan fingerprint density at radius 3 is 2.95 bits per heavy atom. The number of nitro groups is 1. The number of rotatable bonds is 4. The Hall–Kier alpha value is -2.63. The Morgan fingerprint density at radius 2 is 2.19 bits per heavy atom. The summed E-state index contributed by atoms with van der Waals surface area (Å²) >= 11 is 0. The summed E-state index contributed by atoms with van der Waals surface area (Å²) in [4.78, 5) is 14.7. The first-order valence-electron chi connectivity index (χ1n) is 6.96. The Balaban J connectivity index is 1.70. The van der Waals surface area contributed by atoms with Crippen LogP contribution in [0, 0.1) is 10.1 Å². The molecule has 1 aliphatic rings. The van der Waals surface area contributed by atoms with Gasteiger partial charge in [0.15, 0.2) is 0 Å². The van der Waals surface area contributed by atoms with Crippen LogP contribution in [0.5, 0.6) is 0 Å². The van der Waals surface area contributed by atoms with Crippen LogP contribution in [0.1, 0.15) is 24.6 Å². The molecule has 0 saturated heterocycles. The number of imidazole rings is 1. The van der Waals surface area contributed by atoms with E-state index in [1.807, 2.05) is 30.9 Å². The Morgan fingerprint density at radius 1 is 1.33 bits per heavy atom. The summed E-state index contributed by atoms with van der Waals surface area (Å²) in [6, 6.07) is 7.50. The molecule has 0 aliphatic heterocycles. The lowest BCUT2D eigenvalue weighted by atomic mass is 10.2. The molecular weight excluding hydrogens is 268 g/mol. The van der Waals surface area contributed by atoms with Crippen LogP contribution in [-0.4, -0.2) is 19.0 Å². The lowest BCUT2D eigenvalue weighted by Gasteiger charge is -2.08. The van der Waals surface area contributed by atoms with E-state index in [0.29, 0.717) is 6.04 Å². The average Bonchev–Trinajstić information content (AvgIpc) is 3.09. The molecule has 0 spiro atoms. The van der Waals surface area contributed by atoms with Crippen molar-refractivity contribution < 1.29 is 4.92 Å². The number of fused-ring (bicyclic) bond motifs is 1. The minimum atomic E-state index is -0.362. The Labute approximate surface area is 120 Å². The predicted octanol–water partition coefficient (Wildman–Crippen LogP) is 3.13. The van der Waals surface area contributed by atoms with Crippen LogP contribution < -0.4 is 0 Å². The minimum absolute atomic E-state index is 0.128. The van der Waals surface area contributed by atoms with Crippen molar-refractivity contribution in [2.24, 2.45) is 0 Å². The highest BCUT2D eigenvalue weighted by Crippen LogP contribution is 2.36. The molecule has 0 unspecified atom stereocenters. The zero-order valence-electron chi connectivity index (χ0n) is 11.3. The third kappa shape index (κ3) is 2.08. The number of benzene rings is 1. The minimum Gasteiger partial charge on any atom is -0.341 e. The van der Waals surface area contributed by atoms with E-state index >= 15 is 0 Å². The molecule has 3 aromatic rings. The van der Waals surface area contributed by atoms with Crippen molar-refractivity contribution >= 4 is 16.6 Å². The van der Waals surface area contributed by atoms with Gasteiger partial charge in [0.2, 0.25) is 0 Å². The van der Waals surface area contributed by atoms with Crippen LogP contribution >= 0.6 is 0 Å². The van der Waals surface area contributed by atoms with Crippen molar-refractivity contribution in [1.82, 2.24) is 14.1 Å². The number of aromatic nitrogens is 3. The highest BCUT2D eigenvalue weighted by Gasteiger charge is 2.25. The zero-order valence-corrected chi connectivity index (χ0v) is 11.3. The predicted molar refractivity (Wildman–Crippen MR) is 78.2 cm³/mol. The lowest BCUT2D eigenvalue weighted by molar-refractivity contribution is -0.384. The van der Waals surface area contributed by atoms with Crippen LogP contribution in [0.2, 0.25) is 0 Å². The molecule has 1 fully saturated rings. The van der Waals surface area contributed by atoms with E-state index in [-0.39, 0.29) is 10.6 Å². The number of nitro benzene ring substituents is 1. The fourth-order valence-electron chi connectivity index (χ4n) is 2.75. The van der Waals surface area contributed by atoms with Crippen molar-refractivity contribution in [2.75, 3.05) is 0 Å². The van der Waals surface area contributed by atoms with Crippen molar-refractivity contribution in [3.05, 3.63) is 58.8 Å². The van der Waals surface area contributed by atoms with E-state index in [1.165, 1.54) is 18.5 Å². The van der Waals surface area contributed by atoms with E-state index in [2.05, 4.69) is 14.1 Å². The molecule has 2 heterocycles. The molecule has 6 heteroatoms. The van der Waals surface area contributed by atoms with Crippen LogP contribution in [0.4, 0.5) is 5.69 Å². The number of nitrogens with zero attached hydrogens (tertiary/aromatic N) is 4. The van der Waals surface area contributed by atoms with Crippen molar-refractivity contribution in [3.8, 4) is 0 Å². The summed E-state index contributed by atoms with van der Waals surface area (Å²) in [6.45, 7) is 0.734. The second kappa shape index (κ2) is 4.44. The van der Waals surface area contributed by atoms with E-state index in [1.54, 1.807) is 12.1 Å². The maximum atomic E-state index is 10.8. The topological polar surface area (TPSA) is 65.9 Å². The largest absolute Gasteiger partial charge is 0.341 e. The molecule has 0 atom stereocenters. The lowest BCUT2D eigenvalue weighted by Crippen LogP contribution is -2.05. The third-order valence-corrected chi connectivity index (χ3v) is 3.98. The molecule has 1 aromatic carbocycles. The van der Waals surface area contributed by atoms with E-state index in [9.17, 15) is 10.1 Å². The maximum Gasteiger partial charge on any atom is 0.270 e. The monoisotopic (exact) mass is 282 g/mol. The Bertz CT molecular complexity index is 829. The molecule has 0 bridgehead atoms. The molecule has 1 aliphatic carbocycles. The fourth-order valence-corrected chi connectivity index (χ4v) is 2.75. The van der Waals surface area contributed by atoms with Gasteiger partial charge < -0.3 is 9.13 Å². The first kappa shape index (κ1) is 12.1. The molecule has 106 valence electrons. The maximum absolute atomic E-state index is 10.8. The molecule has 0 N–H and O–H groups in total. The van der Waals surface area contributed by atoms with Crippen LogP contribution in [0.25, 0.3) is 10.9 Å². The quantitative estimate of drug-likeness (QED) is 0.545. The van der Waals surface area contributed by atoms with Gasteiger partial charge in [-0.15, -0.1) is 0 Å². The fraction of sp³-hybridized carbons (Fsp3) is 0.267. The zero-order chi connectivity index (χ0) is 14.4. The van der Waals surface area contributed by atoms with Crippen LogP contribution in [-0.2, 0) is 6.54 Å². The number of non-ortho nitro benzene ring substituents is 1. The second-order valence-electron chi connectivity index (χ2n) is 5.47. The molecular formula is C15H14N4O2. The van der Waals surface area contributed by atoms with Crippen LogP contribution in [0.3, 0.4) is 0 Å². The highest BCUT2D eigenvalue weighted by atomic mass is 16.6. The van der Waals surface area contributed by atoms with Crippen molar-refractivity contribution in [2.45, 2.75) is 25.4 Å². The molecule has 1 saturated carbocycles. The first-order chi connectivity index (χ1) is 10.2. The molecule has 0 radical (unpaired) electrons. The molecule has 21 heavy (non-hydrogen) atoms. The first-order valence-corrected chi connectivity index (χ1v) is 6.96. The van der Waals surface area contributed by atoms with Crippen LogP contribution in [0.15, 0.2) is 43.0 Å². The molecule has 2 aromatic heterocycles. The summed E-state index contributed by atoms with van der Waals surface area (Å²) in [7, 11) is 0. The summed E-state index contributed by atoms with van der Waals surface area (Å²) in [5.74, 6) is 0. The summed E-state index contributed by atoms with van der Waals surface area (Å²) in [5, 5.41) is 11.7. The smallest absolute Gasteiger partial charge is 0.270 e. The van der Waals surface area contributed by atoms with E-state index < -0.39 is 0 Å². The summed E-state index contributed by atoms with van der Waals surface area (Å²) in [5.41, 5.74) is 2.31. The molecule has 0 amide bonds. The van der Waals surface area contributed by atoms with Gasteiger partial charge in [-0.05, 0) is 25.0 Å². The molecule has 4 rings (SSSR count).